The maximum atomic E-state index is 9.28. The lowest BCUT2D eigenvalue weighted by molar-refractivity contribution is 0.382. The summed E-state index contributed by atoms with van der Waals surface area (Å²) in [5.74, 6) is 0.810. The molecule has 0 bridgehead atoms. The summed E-state index contributed by atoms with van der Waals surface area (Å²) in [6, 6.07) is 7.46. The lowest BCUT2D eigenvalue weighted by Crippen LogP contribution is -2.18. The molecule has 0 spiro atoms. The number of aromatic hydroxyl groups is 1. The summed E-state index contributed by atoms with van der Waals surface area (Å²) >= 11 is 0. The van der Waals surface area contributed by atoms with Crippen LogP contribution in [0.15, 0.2) is 24.3 Å². The summed E-state index contributed by atoms with van der Waals surface area (Å²) in [7, 11) is 4.11. The first kappa shape index (κ1) is 13.3. The van der Waals surface area contributed by atoms with E-state index in [1.807, 2.05) is 18.2 Å². The number of halogens is 1. The maximum absolute atomic E-state index is 9.28. The summed E-state index contributed by atoms with van der Waals surface area (Å²) in [5, 5.41) is 9.28. The van der Waals surface area contributed by atoms with E-state index in [1.54, 1.807) is 6.07 Å². The van der Waals surface area contributed by atoms with Crippen molar-refractivity contribution in [2.45, 2.75) is 12.8 Å². The van der Waals surface area contributed by atoms with Gasteiger partial charge in [0.25, 0.3) is 0 Å². The van der Waals surface area contributed by atoms with Gasteiger partial charge in [0, 0.05) is 6.54 Å². The highest BCUT2D eigenvalue weighted by atomic mass is 35.5. The number of phenols is 1. The summed E-state index contributed by atoms with van der Waals surface area (Å²) in [4.78, 5) is 2.15. The van der Waals surface area contributed by atoms with Crippen LogP contribution >= 0.6 is 12.4 Å². The molecule has 1 atom stereocenters. The van der Waals surface area contributed by atoms with Crippen LogP contribution in [0.2, 0.25) is 0 Å². The van der Waals surface area contributed by atoms with Crippen LogP contribution in [0, 0.1) is 0 Å². The lowest BCUT2D eigenvalue weighted by Gasteiger charge is -2.17. The van der Waals surface area contributed by atoms with Crippen molar-refractivity contribution in [3.63, 3.8) is 0 Å². The summed E-state index contributed by atoms with van der Waals surface area (Å²) in [6.45, 7) is 3.16. The predicted molar refractivity (Wildman–Crippen MR) is 62.3 cm³/mol. The minimum absolute atomic E-state index is 0. The monoisotopic (exact) mass is 215 g/mol. The van der Waals surface area contributed by atoms with Crippen molar-refractivity contribution in [3.8, 4) is 5.75 Å². The van der Waals surface area contributed by atoms with Gasteiger partial charge in [-0.15, -0.1) is 12.4 Å². The average molecular weight is 216 g/mol. The topological polar surface area (TPSA) is 23.5 Å². The Balaban J connectivity index is 0.00000169. The second-order valence-electron chi connectivity index (χ2n) is 3.76. The lowest BCUT2D eigenvalue weighted by atomic mass is 10.0. The number of hydrogen-bond acceptors (Lipinski definition) is 2. The smallest absolute Gasteiger partial charge is 0.115 e. The van der Waals surface area contributed by atoms with Crippen molar-refractivity contribution in [2.24, 2.45) is 0 Å². The standard InChI is InChI=1S/C11H17NO.ClH/c1-9(8-12(2)3)10-5-4-6-11(13)7-10;/h4-7,9,13H,8H2,1-3H3;1H. The molecule has 0 fully saturated rings. The second-order valence-corrected chi connectivity index (χ2v) is 3.76. The van der Waals surface area contributed by atoms with Gasteiger partial charge in [0.1, 0.15) is 5.75 Å². The minimum Gasteiger partial charge on any atom is -0.508 e. The van der Waals surface area contributed by atoms with Gasteiger partial charge in [-0.05, 0) is 37.7 Å². The Morgan fingerprint density at radius 3 is 2.50 bits per heavy atom. The Kier molecular flexibility index (Phi) is 5.58. The molecule has 0 amide bonds. The SMILES string of the molecule is CC(CN(C)C)c1cccc(O)c1.Cl. The van der Waals surface area contributed by atoms with Crippen molar-refractivity contribution in [2.75, 3.05) is 20.6 Å². The molecular weight excluding hydrogens is 198 g/mol. The fraction of sp³-hybridized carbons (Fsp3) is 0.455. The molecule has 1 aromatic rings. The second kappa shape index (κ2) is 5.89. The van der Waals surface area contributed by atoms with Crippen molar-refractivity contribution >= 4 is 12.4 Å². The number of likely N-dealkylation sites (N-methyl/N-ethyl adjacent to an activating group) is 1. The van der Waals surface area contributed by atoms with E-state index < -0.39 is 0 Å². The quantitative estimate of drug-likeness (QED) is 0.838. The van der Waals surface area contributed by atoms with Crippen LogP contribution in [-0.2, 0) is 0 Å². The molecule has 1 rings (SSSR count). The largest absolute Gasteiger partial charge is 0.508 e. The van der Waals surface area contributed by atoms with Gasteiger partial charge in [-0.1, -0.05) is 19.1 Å². The fourth-order valence-electron chi connectivity index (χ4n) is 1.48. The molecule has 1 aromatic carbocycles. The van der Waals surface area contributed by atoms with Crippen LogP contribution in [0.1, 0.15) is 18.4 Å². The molecule has 1 N–H and O–H groups in total. The first-order valence-corrected chi connectivity index (χ1v) is 4.53. The molecule has 1 unspecified atom stereocenters. The van der Waals surface area contributed by atoms with E-state index in [4.69, 9.17) is 0 Å². The van der Waals surface area contributed by atoms with Gasteiger partial charge in [-0.3, -0.25) is 0 Å². The van der Waals surface area contributed by atoms with E-state index >= 15 is 0 Å². The molecule has 2 nitrogen and oxygen atoms in total. The summed E-state index contributed by atoms with van der Waals surface area (Å²) in [6.07, 6.45) is 0. The van der Waals surface area contributed by atoms with Gasteiger partial charge in [-0.25, -0.2) is 0 Å². The molecule has 80 valence electrons. The highest BCUT2D eigenvalue weighted by molar-refractivity contribution is 5.85. The van der Waals surface area contributed by atoms with Gasteiger partial charge in [0.05, 0.1) is 0 Å². The number of phenolic OH excluding ortho intramolecular Hbond substituents is 1. The molecule has 0 aliphatic carbocycles. The fourth-order valence-corrected chi connectivity index (χ4v) is 1.48. The Bertz CT molecular complexity index is 276. The summed E-state index contributed by atoms with van der Waals surface area (Å²) < 4.78 is 0. The van der Waals surface area contributed by atoms with Gasteiger partial charge in [0.2, 0.25) is 0 Å². The molecule has 3 heteroatoms. The van der Waals surface area contributed by atoms with Gasteiger partial charge in [0.15, 0.2) is 0 Å². The molecule has 0 aliphatic rings. The number of hydrogen-bond donors (Lipinski definition) is 1. The van der Waals surface area contributed by atoms with E-state index in [0.29, 0.717) is 11.7 Å². The van der Waals surface area contributed by atoms with Gasteiger partial charge < -0.3 is 10.0 Å². The van der Waals surface area contributed by atoms with Crippen LogP contribution < -0.4 is 0 Å². The van der Waals surface area contributed by atoms with Gasteiger partial charge >= 0.3 is 0 Å². The zero-order chi connectivity index (χ0) is 9.84. The Hall–Kier alpha value is -0.730. The number of benzene rings is 1. The van der Waals surface area contributed by atoms with Gasteiger partial charge in [-0.2, -0.15) is 0 Å². The van der Waals surface area contributed by atoms with E-state index in [-0.39, 0.29) is 12.4 Å². The van der Waals surface area contributed by atoms with E-state index in [1.165, 1.54) is 5.56 Å². The number of rotatable bonds is 3. The Morgan fingerprint density at radius 1 is 1.36 bits per heavy atom. The Labute approximate surface area is 92.0 Å². The molecular formula is C11H18ClNO. The van der Waals surface area contributed by atoms with Crippen LogP contribution in [0.4, 0.5) is 0 Å². The van der Waals surface area contributed by atoms with Crippen LogP contribution in [-0.4, -0.2) is 30.6 Å². The third-order valence-corrected chi connectivity index (χ3v) is 2.08. The molecule has 14 heavy (non-hydrogen) atoms. The first-order chi connectivity index (χ1) is 6.09. The maximum Gasteiger partial charge on any atom is 0.115 e. The molecule has 0 aliphatic heterocycles. The average Bonchev–Trinajstić information content (AvgIpc) is 2.03. The van der Waals surface area contributed by atoms with Crippen molar-refractivity contribution in [1.82, 2.24) is 4.90 Å². The van der Waals surface area contributed by atoms with E-state index in [0.717, 1.165) is 6.54 Å². The first-order valence-electron chi connectivity index (χ1n) is 4.53. The Morgan fingerprint density at radius 2 is 2.00 bits per heavy atom. The van der Waals surface area contributed by atoms with Crippen molar-refractivity contribution in [3.05, 3.63) is 29.8 Å². The highest BCUT2D eigenvalue weighted by Crippen LogP contribution is 2.19. The normalized spacial score (nSPS) is 12.3. The zero-order valence-electron chi connectivity index (χ0n) is 8.90. The molecule has 0 aromatic heterocycles. The van der Waals surface area contributed by atoms with E-state index in [9.17, 15) is 5.11 Å². The highest BCUT2D eigenvalue weighted by Gasteiger charge is 2.06. The van der Waals surface area contributed by atoms with Crippen molar-refractivity contribution < 1.29 is 5.11 Å². The number of nitrogens with zero attached hydrogens (tertiary/aromatic N) is 1. The third-order valence-electron chi connectivity index (χ3n) is 2.08. The van der Waals surface area contributed by atoms with Crippen LogP contribution in [0.25, 0.3) is 0 Å². The zero-order valence-corrected chi connectivity index (χ0v) is 9.71. The molecule has 0 heterocycles. The molecule has 0 saturated heterocycles. The van der Waals surface area contributed by atoms with Crippen LogP contribution in [0.5, 0.6) is 5.75 Å². The minimum atomic E-state index is 0. The third kappa shape index (κ3) is 3.99. The molecule has 0 radical (unpaired) electrons. The van der Waals surface area contributed by atoms with E-state index in [2.05, 4.69) is 25.9 Å². The predicted octanol–water partition coefficient (Wildman–Crippen LogP) is 2.48. The van der Waals surface area contributed by atoms with Crippen molar-refractivity contribution in [1.29, 1.82) is 0 Å². The van der Waals surface area contributed by atoms with Crippen LogP contribution in [0.3, 0.4) is 0 Å². The summed E-state index contributed by atoms with van der Waals surface area (Å²) in [5.41, 5.74) is 1.19. The molecule has 0 saturated carbocycles.